The first kappa shape index (κ1) is 25.5. The van der Waals surface area contributed by atoms with E-state index in [0.717, 1.165) is 0 Å². The molecular formula is C66H6O3. The van der Waals surface area contributed by atoms with E-state index in [1.165, 1.54) is 108 Å². The lowest BCUT2D eigenvalue weighted by molar-refractivity contribution is -0.144. The Morgan fingerprint density at radius 2 is 0.449 bits per heavy atom. The van der Waals surface area contributed by atoms with Gasteiger partial charge in [-0.05, 0) is 313 Å². The first-order valence-corrected chi connectivity index (χ1v) is 25.3. The molecule has 0 aromatic heterocycles. The highest BCUT2D eigenvalue weighted by Crippen LogP contribution is 2.92. The molecule has 0 aliphatic heterocycles. The van der Waals surface area contributed by atoms with Crippen LogP contribution < -0.4 is 0 Å². The molecule has 5 aliphatic carbocycles. The third-order valence-corrected chi connectivity index (χ3v) is 25.0. The number of ether oxygens (including phenoxy) is 1. The summed E-state index contributed by atoms with van der Waals surface area (Å²) in [5.74, 6) is 5.32. The Morgan fingerprint density at radius 3 is 0.609 bits per heavy atom. The number of hydrogen-bond acceptors (Lipinski definition) is 3. The third kappa shape index (κ3) is 1.33. The van der Waals surface area contributed by atoms with Gasteiger partial charge >= 0.3 is 5.97 Å². The monoisotopic (exact) mass is 846 g/mol. The van der Waals surface area contributed by atoms with Crippen LogP contribution in [0.5, 0.6) is 0 Å². The Morgan fingerprint density at radius 1 is 0.290 bits per heavy atom. The summed E-state index contributed by atoms with van der Waals surface area (Å²) in [4.78, 5) is 16.1. The van der Waals surface area contributed by atoms with Crippen LogP contribution in [0.3, 0.4) is 0 Å². The summed E-state index contributed by atoms with van der Waals surface area (Å²) >= 11 is 0. The van der Waals surface area contributed by atoms with Gasteiger partial charge in [0.1, 0.15) is 6.61 Å². The summed E-state index contributed by atoms with van der Waals surface area (Å²) in [7, 11) is 0. The smallest absolute Gasteiger partial charge is 0.312 e. The molecule has 0 saturated heterocycles. The van der Waals surface area contributed by atoms with Gasteiger partial charge in [-0.1, -0.05) is 11.8 Å². The molecule has 28 aromatic rings. The van der Waals surface area contributed by atoms with Gasteiger partial charge in [0.2, 0.25) is 0 Å². The van der Waals surface area contributed by atoms with Crippen LogP contribution in [0.2, 0.25) is 0 Å². The van der Waals surface area contributed by atoms with Crippen molar-refractivity contribution in [3.8, 4) is 11.8 Å². The summed E-state index contributed by atoms with van der Waals surface area (Å²) in [6.07, 6.45) is 0. The predicted molar refractivity (Wildman–Crippen MR) is 283 cm³/mol. The van der Waals surface area contributed by atoms with Crippen molar-refractivity contribution in [3.05, 3.63) is 22.3 Å². The van der Waals surface area contributed by atoms with E-state index in [1.54, 1.807) is 205 Å². The summed E-state index contributed by atoms with van der Waals surface area (Å²) in [5.41, 5.74) is 4.84. The molecule has 3 heteroatoms. The van der Waals surface area contributed by atoms with E-state index in [1.807, 2.05) is 0 Å². The highest BCUT2D eigenvalue weighted by Gasteiger charge is 2.89. The second kappa shape index (κ2) is 5.72. The normalized spacial score (nSPS) is 23.2. The third-order valence-electron chi connectivity index (χ3n) is 25.0. The molecule has 0 heterocycles. The van der Waals surface area contributed by atoms with Crippen LogP contribution in [0.15, 0.2) is 0 Å². The van der Waals surface area contributed by atoms with E-state index in [9.17, 15) is 5.11 Å². The maximum Gasteiger partial charge on any atom is 0.312 e. The van der Waals surface area contributed by atoms with Crippen molar-refractivity contribution in [2.45, 2.75) is 10.8 Å². The average Bonchev–Trinajstić information content (AvgIpc) is 4.30. The average molecular weight is 847 g/mol. The van der Waals surface area contributed by atoms with Gasteiger partial charge in [-0.25, -0.2) is 0 Å². The van der Waals surface area contributed by atoms with Crippen LogP contribution in [0.4, 0.5) is 0 Å². The van der Waals surface area contributed by atoms with Gasteiger partial charge in [-0.2, -0.15) is 0 Å². The SMILES string of the molecule is O=C(OCC#CCO)C1C23c4c5c6c7c8c9c(c%10c%11c2c2c4c4c%12c5c5c6c6c8c8c%13c9c9c%10c%10c%11c%11c2c2c4c4c%12c%12c5c5c6c8c6c8c%13c9c9c%10c%10c%11c2c2c4c4c%12c5c6c5c8c9c%10c2c45)C713. The van der Waals surface area contributed by atoms with Gasteiger partial charge < -0.3 is 9.84 Å². The molecule has 0 unspecified atom stereocenters. The molecule has 0 radical (unpaired) electrons. The van der Waals surface area contributed by atoms with E-state index >= 15 is 4.79 Å². The lowest BCUT2D eigenvalue weighted by Gasteiger charge is -2.32. The van der Waals surface area contributed by atoms with Gasteiger partial charge in [0.15, 0.2) is 6.61 Å². The zero-order valence-electron chi connectivity index (χ0n) is 34.8. The number of carbonyl (C=O) groups excluding carboxylic acids is 1. The molecule has 5 aliphatic rings. The van der Waals surface area contributed by atoms with Crippen LogP contribution in [-0.4, -0.2) is 24.3 Å². The van der Waals surface area contributed by atoms with Gasteiger partial charge in [-0.15, -0.1) is 0 Å². The second-order valence-electron chi connectivity index (χ2n) is 24.9. The Hall–Kier alpha value is -8.55. The Bertz CT molecular complexity index is 6700. The predicted octanol–water partition coefficient (Wildman–Crippen LogP) is 15.5. The number of rotatable bonds is 2. The quantitative estimate of drug-likeness (QED) is 0.107. The largest absolute Gasteiger partial charge is 0.452 e. The molecule has 28 aromatic carbocycles. The zero-order chi connectivity index (χ0) is 41.2. The molecule has 1 N–H and O–H groups in total. The molecule has 0 bridgehead atoms. The molecule has 0 amide bonds. The van der Waals surface area contributed by atoms with Gasteiger partial charge in [-0.3, -0.25) is 4.79 Å². The number of aliphatic hydroxyl groups is 1. The Labute approximate surface area is 373 Å². The molecule has 1 fully saturated rings. The van der Waals surface area contributed by atoms with Gasteiger partial charge in [0, 0.05) is 0 Å². The standard InChI is InChI=1S/C66H6O3/c67-3-1-2-4-69-64(68)63-65-59-51-43-33-23-15-7-5-6-9-13-11(7)19-27-21(13)31-25-17(9)18-10(6)14-12-8(5)16(15)24-30-20(12)28-22(14)32-26(18)36-35(25)45-39(31)49-41(27)47(37(43)29(19)23)55(59)57(49)61-53(45)54-46(36)40(32)50-42(28)48-38(30)44(34(24)33)52(51)60(65)56(48)58(50)62(54)66(61,63)65/h63,67H,3-4H2. The highest BCUT2D eigenvalue weighted by atomic mass is 16.5. The maximum atomic E-state index is 16.1. The van der Waals surface area contributed by atoms with Crippen molar-refractivity contribution in [2.75, 3.05) is 13.2 Å². The summed E-state index contributed by atoms with van der Waals surface area (Å²) in [6, 6.07) is 0. The van der Waals surface area contributed by atoms with E-state index in [0.29, 0.717) is 0 Å². The van der Waals surface area contributed by atoms with Crippen molar-refractivity contribution < 1.29 is 14.6 Å². The summed E-state index contributed by atoms with van der Waals surface area (Å²) in [5, 5.41) is 94.1. The fourth-order valence-electron chi connectivity index (χ4n) is 25.1. The molecule has 33 rings (SSSR count). The Kier molecular flexibility index (Phi) is 2.12. The number of benzene rings is 18. The minimum Gasteiger partial charge on any atom is -0.452 e. The first-order valence-electron chi connectivity index (χ1n) is 25.3. The van der Waals surface area contributed by atoms with Crippen molar-refractivity contribution in [3.63, 3.8) is 0 Å². The molecule has 69 heavy (non-hydrogen) atoms. The van der Waals surface area contributed by atoms with E-state index < -0.39 is 16.7 Å². The second-order valence-corrected chi connectivity index (χ2v) is 24.9. The van der Waals surface area contributed by atoms with E-state index in [-0.39, 0.29) is 19.2 Å². The number of carbonyl (C=O) groups is 1. The van der Waals surface area contributed by atoms with Crippen molar-refractivity contribution in [1.82, 2.24) is 0 Å². The van der Waals surface area contributed by atoms with Crippen molar-refractivity contribution in [2.24, 2.45) is 5.92 Å². The fourth-order valence-corrected chi connectivity index (χ4v) is 25.1. The van der Waals surface area contributed by atoms with Crippen LogP contribution in [0, 0.1) is 17.8 Å². The fraction of sp³-hybridized carbons (Fsp3) is 0.0758. The number of hydrogen-bond donors (Lipinski definition) is 1. The highest BCUT2D eigenvalue weighted by molar-refractivity contribution is 6.82. The maximum absolute atomic E-state index is 16.1. The number of aliphatic hydroxyl groups excluding tert-OH is 1. The van der Waals surface area contributed by atoms with E-state index in [2.05, 4.69) is 11.8 Å². The molecule has 3 nitrogen and oxygen atoms in total. The van der Waals surface area contributed by atoms with Crippen LogP contribution in [0.1, 0.15) is 22.3 Å². The minimum atomic E-state index is -0.583. The van der Waals surface area contributed by atoms with Crippen molar-refractivity contribution >= 4 is 297 Å². The van der Waals surface area contributed by atoms with Crippen molar-refractivity contribution in [1.29, 1.82) is 0 Å². The van der Waals surface area contributed by atoms with Gasteiger partial charge in [0.25, 0.3) is 0 Å². The van der Waals surface area contributed by atoms with Crippen LogP contribution in [-0.2, 0) is 20.4 Å². The van der Waals surface area contributed by atoms with Gasteiger partial charge in [0.05, 0.1) is 16.7 Å². The Balaban J connectivity index is 1.16. The summed E-state index contributed by atoms with van der Waals surface area (Å²) < 4.78 is 6.58. The van der Waals surface area contributed by atoms with E-state index in [4.69, 9.17) is 4.74 Å². The minimum absolute atomic E-state index is 0.000981. The molecular weight excluding hydrogens is 841 g/mol. The first-order chi connectivity index (χ1) is 34.3. The molecule has 1 saturated carbocycles. The lowest BCUT2D eigenvalue weighted by atomic mass is 9.68. The number of esters is 1. The topological polar surface area (TPSA) is 46.5 Å². The van der Waals surface area contributed by atoms with Crippen LogP contribution >= 0.6 is 0 Å². The molecule has 2 spiro atoms. The lowest BCUT2D eigenvalue weighted by Crippen LogP contribution is -2.27. The molecule has 288 valence electrons. The van der Waals surface area contributed by atoms with Crippen LogP contribution in [0.25, 0.3) is 291 Å². The zero-order valence-corrected chi connectivity index (χ0v) is 34.8. The molecule has 0 atom stereocenters. The summed E-state index contributed by atoms with van der Waals surface area (Å²) in [6.45, 7) is -0.239.